The van der Waals surface area contributed by atoms with E-state index in [1.54, 1.807) is 0 Å². The molecule has 0 bridgehead atoms. The minimum Gasteiger partial charge on any atom is -0.500 e. The predicted molar refractivity (Wildman–Crippen MR) is 42.7 cm³/mol. The van der Waals surface area contributed by atoms with Gasteiger partial charge in [0.15, 0.2) is 0 Å². The Morgan fingerprint density at radius 1 is 1.27 bits per heavy atom. The van der Waals surface area contributed by atoms with Gasteiger partial charge >= 0.3 is 11.9 Å². The number of ether oxygens (including phenoxy) is 3. The van der Waals surface area contributed by atoms with E-state index >= 15 is 0 Å². The van der Waals surface area contributed by atoms with Gasteiger partial charge in [-0.05, 0) is 0 Å². The maximum Gasteiger partial charge on any atom is 0.319 e. The lowest BCUT2D eigenvalue weighted by Crippen LogP contribution is -2.05. The highest BCUT2D eigenvalue weighted by molar-refractivity contribution is 6.20. The average Bonchev–Trinajstić information content (AvgIpc) is 1.98. The van der Waals surface area contributed by atoms with E-state index in [1.165, 1.54) is 21.1 Å². The third kappa shape index (κ3) is 3.67. The molecule has 0 atom stereocenters. The SMILES string of the molecule is COC([SiH3])=C(OC)OC(C)=O. The minimum atomic E-state index is -0.410. The van der Waals surface area contributed by atoms with Crippen molar-refractivity contribution in [3.05, 3.63) is 11.3 Å². The molecule has 11 heavy (non-hydrogen) atoms. The molecule has 0 aromatic heterocycles. The van der Waals surface area contributed by atoms with Gasteiger partial charge in [0, 0.05) is 6.92 Å². The number of hydrogen-bond donors (Lipinski definition) is 0. The normalized spacial score (nSPS) is 11.9. The number of methoxy groups -OCH3 is 2. The van der Waals surface area contributed by atoms with Crippen LogP contribution < -0.4 is 0 Å². The zero-order valence-corrected chi connectivity index (χ0v) is 9.13. The summed E-state index contributed by atoms with van der Waals surface area (Å²) in [6, 6.07) is 0. The second kappa shape index (κ2) is 4.78. The molecule has 0 amide bonds. The Kier molecular flexibility index (Phi) is 4.36. The first-order valence-electron chi connectivity index (χ1n) is 3.09. The molecular formula is C6H12O4Si. The Bertz CT molecular complexity index is 175. The standard InChI is InChI=1S/C6H12O4Si/c1-4(7)10-5(8-2)6(11)9-3/h1-3,11H3. The fourth-order valence-corrected chi connectivity index (χ4v) is 0.777. The van der Waals surface area contributed by atoms with Crippen molar-refractivity contribution in [2.75, 3.05) is 14.2 Å². The van der Waals surface area contributed by atoms with Crippen LogP contribution >= 0.6 is 0 Å². The van der Waals surface area contributed by atoms with Gasteiger partial charge in [-0.25, -0.2) is 0 Å². The fraction of sp³-hybridized carbons (Fsp3) is 0.500. The molecular weight excluding hydrogens is 164 g/mol. The second-order valence-electron chi connectivity index (χ2n) is 1.85. The number of esters is 1. The van der Waals surface area contributed by atoms with Crippen LogP contribution in [0.5, 0.6) is 0 Å². The van der Waals surface area contributed by atoms with Gasteiger partial charge in [0.25, 0.3) is 0 Å². The molecule has 0 radical (unpaired) electrons. The van der Waals surface area contributed by atoms with Crippen molar-refractivity contribution in [2.45, 2.75) is 6.92 Å². The maximum absolute atomic E-state index is 10.5. The molecule has 0 aliphatic rings. The van der Waals surface area contributed by atoms with Crippen LogP contribution in [0.4, 0.5) is 0 Å². The van der Waals surface area contributed by atoms with E-state index in [1.807, 2.05) is 0 Å². The van der Waals surface area contributed by atoms with Gasteiger partial charge in [0.2, 0.25) is 0 Å². The predicted octanol–water partition coefficient (Wildman–Crippen LogP) is -0.666. The van der Waals surface area contributed by atoms with Gasteiger partial charge in [-0.1, -0.05) is 0 Å². The molecule has 0 unspecified atom stereocenters. The Morgan fingerprint density at radius 3 is 2.09 bits per heavy atom. The molecule has 0 aromatic rings. The second-order valence-corrected chi connectivity index (χ2v) is 2.75. The summed E-state index contributed by atoms with van der Waals surface area (Å²) in [5.74, 6) is -0.251. The first-order valence-corrected chi connectivity index (χ1v) is 4.09. The molecule has 64 valence electrons. The van der Waals surface area contributed by atoms with E-state index in [0.29, 0.717) is 15.6 Å². The molecule has 0 heterocycles. The summed E-state index contributed by atoms with van der Waals surface area (Å²) >= 11 is 0. The molecule has 5 heteroatoms. The van der Waals surface area contributed by atoms with Crippen LogP contribution in [-0.4, -0.2) is 30.4 Å². The van der Waals surface area contributed by atoms with E-state index < -0.39 is 5.97 Å². The minimum absolute atomic E-state index is 0.159. The first-order chi connectivity index (χ1) is 5.11. The lowest BCUT2D eigenvalue weighted by Gasteiger charge is -2.07. The van der Waals surface area contributed by atoms with Crippen molar-refractivity contribution in [1.29, 1.82) is 0 Å². The van der Waals surface area contributed by atoms with Crippen LogP contribution in [0.2, 0.25) is 0 Å². The summed E-state index contributed by atoms with van der Waals surface area (Å²) in [5, 5.41) is 0.572. The topological polar surface area (TPSA) is 44.8 Å². The first kappa shape index (κ1) is 10.0. The van der Waals surface area contributed by atoms with Gasteiger partial charge < -0.3 is 14.2 Å². The molecule has 0 fully saturated rings. The zero-order chi connectivity index (χ0) is 8.85. The summed E-state index contributed by atoms with van der Waals surface area (Å²) in [7, 11) is 3.57. The van der Waals surface area contributed by atoms with Gasteiger partial charge in [-0.3, -0.25) is 4.79 Å². The highest BCUT2D eigenvalue weighted by Gasteiger charge is 2.06. The van der Waals surface area contributed by atoms with Crippen molar-refractivity contribution >= 4 is 16.2 Å². The van der Waals surface area contributed by atoms with Crippen molar-refractivity contribution in [3.63, 3.8) is 0 Å². The number of rotatable bonds is 3. The lowest BCUT2D eigenvalue weighted by molar-refractivity contribution is -0.142. The van der Waals surface area contributed by atoms with E-state index in [-0.39, 0.29) is 5.95 Å². The largest absolute Gasteiger partial charge is 0.500 e. The summed E-state index contributed by atoms with van der Waals surface area (Å²) in [4.78, 5) is 10.5. The van der Waals surface area contributed by atoms with E-state index in [9.17, 15) is 4.79 Å². The van der Waals surface area contributed by atoms with Gasteiger partial charge in [-0.2, -0.15) is 0 Å². The van der Waals surface area contributed by atoms with E-state index in [0.717, 1.165) is 0 Å². The molecule has 0 spiro atoms. The van der Waals surface area contributed by atoms with Crippen LogP contribution in [0, 0.1) is 0 Å². The lowest BCUT2D eigenvalue weighted by atomic mass is 10.8. The number of hydrogen-bond acceptors (Lipinski definition) is 4. The van der Waals surface area contributed by atoms with Gasteiger partial charge in [0.05, 0.1) is 24.5 Å². The fourth-order valence-electron chi connectivity index (χ4n) is 0.471. The highest BCUT2D eigenvalue weighted by atomic mass is 28.1. The monoisotopic (exact) mass is 176 g/mol. The van der Waals surface area contributed by atoms with Crippen LogP contribution in [0.1, 0.15) is 6.92 Å². The van der Waals surface area contributed by atoms with Crippen molar-refractivity contribution < 1.29 is 19.0 Å². The maximum atomic E-state index is 10.5. The smallest absolute Gasteiger partial charge is 0.319 e. The third-order valence-corrected chi connectivity index (χ3v) is 1.83. The zero-order valence-electron chi connectivity index (χ0n) is 7.13. The molecule has 0 rings (SSSR count). The Balaban J connectivity index is 4.26. The molecule has 0 aliphatic carbocycles. The van der Waals surface area contributed by atoms with Crippen LogP contribution in [0.15, 0.2) is 11.3 Å². The van der Waals surface area contributed by atoms with Crippen LogP contribution in [0.3, 0.4) is 0 Å². The van der Waals surface area contributed by atoms with E-state index in [4.69, 9.17) is 9.47 Å². The molecule has 4 nitrogen and oxygen atoms in total. The van der Waals surface area contributed by atoms with Gasteiger partial charge in [0.1, 0.15) is 5.38 Å². The summed E-state index contributed by atoms with van der Waals surface area (Å²) < 4.78 is 14.3. The Labute approximate surface area is 68.5 Å². The molecule has 0 aliphatic heterocycles. The molecule has 0 saturated carbocycles. The Morgan fingerprint density at radius 2 is 1.82 bits per heavy atom. The number of carbonyl (C=O) groups is 1. The van der Waals surface area contributed by atoms with E-state index in [2.05, 4.69) is 4.74 Å². The Hall–Kier alpha value is -0.973. The molecule has 0 N–H and O–H groups in total. The van der Waals surface area contributed by atoms with Crippen molar-refractivity contribution in [1.82, 2.24) is 0 Å². The van der Waals surface area contributed by atoms with Crippen LogP contribution in [0.25, 0.3) is 0 Å². The van der Waals surface area contributed by atoms with Crippen molar-refractivity contribution in [2.24, 2.45) is 0 Å². The quantitative estimate of drug-likeness (QED) is 0.325. The number of carbonyl (C=O) groups excluding carboxylic acids is 1. The third-order valence-electron chi connectivity index (χ3n) is 1.02. The molecule has 0 saturated heterocycles. The summed E-state index contributed by atoms with van der Waals surface area (Å²) in [5.41, 5.74) is 0. The summed E-state index contributed by atoms with van der Waals surface area (Å²) in [6.07, 6.45) is 0. The van der Waals surface area contributed by atoms with Crippen LogP contribution in [-0.2, 0) is 19.0 Å². The molecule has 0 aromatic carbocycles. The van der Waals surface area contributed by atoms with Crippen molar-refractivity contribution in [3.8, 4) is 0 Å². The average molecular weight is 176 g/mol. The summed E-state index contributed by atoms with van der Waals surface area (Å²) in [6.45, 7) is 1.31. The van der Waals surface area contributed by atoms with Gasteiger partial charge in [-0.15, -0.1) is 0 Å². The highest BCUT2D eigenvalue weighted by Crippen LogP contribution is 2.04.